The van der Waals surface area contributed by atoms with Gasteiger partial charge in [0.2, 0.25) is 0 Å². The molecule has 2 fully saturated rings. The lowest BCUT2D eigenvalue weighted by molar-refractivity contribution is -0.147. The molecule has 0 aromatic rings. The minimum atomic E-state index is -0.874. The summed E-state index contributed by atoms with van der Waals surface area (Å²) >= 11 is 0. The fraction of sp³-hybridized carbons (Fsp3) is 0.786. The van der Waals surface area contributed by atoms with E-state index in [-0.39, 0.29) is 12.1 Å². The standard InChI is InChI=1S/C14H22N2O5/c1-21-13(19)11-7-2-3-8-16(11)14(20)15-10-6-4-5-9(10)12(17)18/h9-11H,2-8H2,1H3,(H,15,20)(H,17,18). The SMILES string of the molecule is COC(=O)C1CCCCN1C(=O)NC1CCCC1C(=O)O. The first-order valence-corrected chi connectivity index (χ1v) is 7.42. The topological polar surface area (TPSA) is 95.9 Å². The van der Waals surface area contributed by atoms with Crippen molar-refractivity contribution >= 4 is 18.0 Å². The van der Waals surface area contributed by atoms with E-state index < -0.39 is 23.9 Å². The van der Waals surface area contributed by atoms with E-state index in [4.69, 9.17) is 9.84 Å². The van der Waals surface area contributed by atoms with Gasteiger partial charge in [-0.3, -0.25) is 4.79 Å². The van der Waals surface area contributed by atoms with Gasteiger partial charge in [0.15, 0.2) is 0 Å². The second kappa shape index (κ2) is 6.78. The van der Waals surface area contributed by atoms with Crippen LogP contribution in [0, 0.1) is 5.92 Å². The Hall–Kier alpha value is -1.79. The van der Waals surface area contributed by atoms with Crippen LogP contribution in [0.25, 0.3) is 0 Å². The fourth-order valence-electron chi connectivity index (χ4n) is 3.23. The van der Waals surface area contributed by atoms with Crippen LogP contribution in [0.2, 0.25) is 0 Å². The maximum atomic E-state index is 12.4. The normalized spacial score (nSPS) is 29.0. The van der Waals surface area contributed by atoms with E-state index in [9.17, 15) is 14.4 Å². The summed E-state index contributed by atoms with van der Waals surface area (Å²) in [6.07, 6.45) is 4.36. The summed E-state index contributed by atoms with van der Waals surface area (Å²) in [5, 5.41) is 11.9. The van der Waals surface area contributed by atoms with Crippen LogP contribution >= 0.6 is 0 Å². The maximum Gasteiger partial charge on any atom is 0.328 e. The number of piperidine rings is 1. The molecule has 1 aliphatic heterocycles. The first kappa shape index (κ1) is 15.6. The van der Waals surface area contributed by atoms with Crippen LogP contribution in [-0.4, -0.2) is 53.7 Å². The van der Waals surface area contributed by atoms with Crippen molar-refractivity contribution in [3.8, 4) is 0 Å². The number of nitrogens with zero attached hydrogens (tertiary/aromatic N) is 1. The molecule has 1 saturated carbocycles. The van der Waals surface area contributed by atoms with Crippen molar-refractivity contribution in [1.82, 2.24) is 10.2 Å². The Labute approximate surface area is 123 Å². The van der Waals surface area contributed by atoms with Gasteiger partial charge in [0.1, 0.15) is 6.04 Å². The van der Waals surface area contributed by atoms with E-state index >= 15 is 0 Å². The van der Waals surface area contributed by atoms with Crippen LogP contribution in [-0.2, 0) is 14.3 Å². The van der Waals surface area contributed by atoms with Crippen molar-refractivity contribution in [2.45, 2.75) is 50.6 Å². The van der Waals surface area contributed by atoms with Crippen LogP contribution in [0.1, 0.15) is 38.5 Å². The molecule has 3 atom stereocenters. The number of methoxy groups -OCH3 is 1. The van der Waals surface area contributed by atoms with Crippen molar-refractivity contribution < 1.29 is 24.2 Å². The number of hydrogen-bond acceptors (Lipinski definition) is 4. The molecule has 3 unspecified atom stereocenters. The van der Waals surface area contributed by atoms with Gasteiger partial charge in [-0.1, -0.05) is 6.42 Å². The molecule has 2 N–H and O–H groups in total. The third-order valence-electron chi connectivity index (χ3n) is 4.38. The van der Waals surface area contributed by atoms with Gasteiger partial charge < -0.3 is 20.1 Å². The lowest BCUT2D eigenvalue weighted by Crippen LogP contribution is -2.55. The summed E-state index contributed by atoms with van der Waals surface area (Å²) in [5.74, 6) is -1.82. The Morgan fingerprint density at radius 3 is 2.57 bits per heavy atom. The summed E-state index contributed by atoms with van der Waals surface area (Å²) in [7, 11) is 1.31. The minimum Gasteiger partial charge on any atom is -0.481 e. The molecular formula is C14H22N2O5. The average Bonchev–Trinajstić information content (AvgIpc) is 2.94. The molecule has 0 bridgehead atoms. The number of likely N-dealkylation sites (tertiary alicyclic amines) is 1. The number of nitrogens with one attached hydrogen (secondary N) is 1. The lowest BCUT2D eigenvalue weighted by Gasteiger charge is -2.34. The molecule has 1 aliphatic carbocycles. The summed E-state index contributed by atoms with van der Waals surface area (Å²) in [5.41, 5.74) is 0. The molecule has 7 heteroatoms. The summed E-state index contributed by atoms with van der Waals surface area (Å²) in [6, 6.07) is -1.27. The highest BCUT2D eigenvalue weighted by Crippen LogP contribution is 2.26. The zero-order chi connectivity index (χ0) is 15.4. The Bertz CT molecular complexity index is 426. The zero-order valence-corrected chi connectivity index (χ0v) is 12.2. The smallest absolute Gasteiger partial charge is 0.328 e. The number of carboxylic acids is 1. The summed E-state index contributed by atoms with van der Waals surface area (Å²) < 4.78 is 4.74. The second-order valence-corrected chi connectivity index (χ2v) is 5.66. The van der Waals surface area contributed by atoms with Crippen molar-refractivity contribution in [2.75, 3.05) is 13.7 Å². The van der Waals surface area contributed by atoms with Gasteiger partial charge in [-0.05, 0) is 32.1 Å². The average molecular weight is 298 g/mol. The van der Waals surface area contributed by atoms with Gasteiger partial charge in [-0.25, -0.2) is 9.59 Å². The van der Waals surface area contributed by atoms with Crippen molar-refractivity contribution in [3.05, 3.63) is 0 Å². The summed E-state index contributed by atoms with van der Waals surface area (Å²) in [4.78, 5) is 36.7. The van der Waals surface area contributed by atoms with Gasteiger partial charge in [0.25, 0.3) is 0 Å². The molecule has 21 heavy (non-hydrogen) atoms. The van der Waals surface area contributed by atoms with E-state index in [1.54, 1.807) is 0 Å². The quantitative estimate of drug-likeness (QED) is 0.757. The van der Waals surface area contributed by atoms with Crippen molar-refractivity contribution in [3.63, 3.8) is 0 Å². The largest absolute Gasteiger partial charge is 0.481 e. The molecule has 0 aromatic heterocycles. The Morgan fingerprint density at radius 1 is 1.14 bits per heavy atom. The molecule has 2 amide bonds. The lowest BCUT2D eigenvalue weighted by atomic mass is 10.0. The van der Waals surface area contributed by atoms with Gasteiger partial charge in [0, 0.05) is 12.6 Å². The number of aliphatic carboxylic acids is 1. The maximum absolute atomic E-state index is 12.4. The number of hydrogen-bond donors (Lipinski definition) is 2. The van der Waals surface area contributed by atoms with Crippen molar-refractivity contribution in [2.24, 2.45) is 5.92 Å². The number of ether oxygens (including phenoxy) is 1. The number of esters is 1. The van der Waals surface area contributed by atoms with Crippen molar-refractivity contribution in [1.29, 1.82) is 0 Å². The van der Waals surface area contributed by atoms with Gasteiger partial charge in [-0.2, -0.15) is 0 Å². The molecule has 7 nitrogen and oxygen atoms in total. The first-order valence-electron chi connectivity index (χ1n) is 7.42. The fourth-order valence-corrected chi connectivity index (χ4v) is 3.23. The third kappa shape index (κ3) is 3.46. The van der Waals surface area contributed by atoms with Crippen LogP contribution in [0.3, 0.4) is 0 Å². The van der Waals surface area contributed by atoms with Crippen LogP contribution in [0.15, 0.2) is 0 Å². The van der Waals surface area contributed by atoms with Gasteiger partial charge in [0.05, 0.1) is 13.0 Å². The molecule has 118 valence electrons. The number of carbonyl (C=O) groups is 3. The van der Waals surface area contributed by atoms with Crippen LogP contribution in [0.4, 0.5) is 4.79 Å². The molecule has 1 heterocycles. The number of carbonyl (C=O) groups excluding carboxylic acids is 2. The van der Waals surface area contributed by atoms with E-state index in [0.717, 1.165) is 19.3 Å². The second-order valence-electron chi connectivity index (χ2n) is 5.66. The minimum absolute atomic E-state index is 0.352. The zero-order valence-electron chi connectivity index (χ0n) is 12.2. The van der Waals surface area contributed by atoms with E-state index in [2.05, 4.69) is 5.32 Å². The molecule has 2 rings (SSSR count). The van der Waals surface area contributed by atoms with Gasteiger partial charge in [-0.15, -0.1) is 0 Å². The predicted molar refractivity (Wildman–Crippen MR) is 73.7 cm³/mol. The van der Waals surface area contributed by atoms with E-state index in [0.29, 0.717) is 25.8 Å². The Morgan fingerprint density at radius 2 is 1.90 bits per heavy atom. The number of carboxylic acid groups (broad SMARTS) is 1. The molecule has 0 spiro atoms. The van der Waals surface area contributed by atoms with Gasteiger partial charge >= 0.3 is 18.0 Å². The Kier molecular flexibility index (Phi) is 5.03. The molecule has 2 aliphatic rings. The predicted octanol–water partition coefficient (Wildman–Crippen LogP) is 0.977. The van der Waals surface area contributed by atoms with E-state index in [1.165, 1.54) is 12.0 Å². The highest BCUT2D eigenvalue weighted by atomic mass is 16.5. The number of amides is 2. The Balaban J connectivity index is 2.00. The molecule has 0 radical (unpaired) electrons. The van der Waals surface area contributed by atoms with E-state index in [1.807, 2.05) is 0 Å². The molecular weight excluding hydrogens is 276 g/mol. The first-order chi connectivity index (χ1) is 10.0. The third-order valence-corrected chi connectivity index (χ3v) is 4.38. The van der Waals surface area contributed by atoms with Crippen LogP contribution < -0.4 is 5.32 Å². The van der Waals surface area contributed by atoms with Crippen LogP contribution in [0.5, 0.6) is 0 Å². The molecule has 0 aromatic carbocycles. The number of urea groups is 1. The highest BCUT2D eigenvalue weighted by molar-refractivity contribution is 5.84. The highest BCUT2D eigenvalue weighted by Gasteiger charge is 2.38. The summed E-state index contributed by atoms with van der Waals surface area (Å²) in [6.45, 7) is 0.496. The molecule has 1 saturated heterocycles. The monoisotopic (exact) mass is 298 g/mol. The number of rotatable bonds is 3.